The van der Waals surface area contributed by atoms with Crippen LogP contribution in [0.15, 0.2) is 0 Å². The standard InChI is InChI=1S/C14H23NO8/c1-14(2,3)22-11(16)5-4-6-19-9-7-20-13-10(23-15(17)18)8-21-12(9)13/h9-10,12-13H,4-8H2,1-3H3/t9-,10+,12-,13-/m1/s1. The fourth-order valence-corrected chi connectivity index (χ4v) is 2.62. The van der Waals surface area contributed by atoms with Gasteiger partial charge in [0.15, 0.2) is 6.10 Å². The van der Waals surface area contributed by atoms with Crippen LogP contribution >= 0.6 is 0 Å². The second-order valence-electron chi connectivity index (χ2n) is 6.56. The number of hydrogen-bond donors (Lipinski definition) is 0. The van der Waals surface area contributed by atoms with Crippen LogP contribution in [0.4, 0.5) is 0 Å². The zero-order chi connectivity index (χ0) is 17.0. The summed E-state index contributed by atoms with van der Waals surface area (Å²) in [5, 5.41) is 9.56. The van der Waals surface area contributed by atoms with E-state index in [1.54, 1.807) is 0 Å². The van der Waals surface area contributed by atoms with E-state index >= 15 is 0 Å². The quantitative estimate of drug-likeness (QED) is 0.292. The highest BCUT2D eigenvalue weighted by Gasteiger charge is 2.49. The third kappa shape index (κ3) is 5.29. The highest BCUT2D eigenvalue weighted by molar-refractivity contribution is 5.69. The molecule has 0 radical (unpaired) electrons. The van der Waals surface area contributed by atoms with E-state index in [1.807, 2.05) is 20.8 Å². The Bertz CT molecular complexity index is 435. The summed E-state index contributed by atoms with van der Waals surface area (Å²) in [5.41, 5.74) is -0.492. The van der Waals surface area contributed by atoms with Crippen molar-refractivity contribution in [3.05, 3.63) is 10.1 Å². The Morgan fingerprint density at radius 2 is 1.83 bits per heavy atom. The molecule has 0 saturated carbocycles. The van der Waals surface area contributed by atoms with Crippen LogP contribution in [0.3, 0.4) is 0 Å². The molecule has 2 saturated heterocycles. The molecule has 0 aliphatic carbocycles. The maximum Gasteiger partial charge on any atom is 0.306 e. The Morgan fingerprint density at radius 1 is 1.22 bits per heavy atom. The summed E-state index contributed by atoms with van der Waals surface area (Å²) in [6.45, 7) is 6.21. The molecular weight excluding hydrogens is 310 g/mol. The summed E-state index contributed by atoms with van der Waals surface area (Å²) in [6, 6.07) is 0. The number of hydrogen-bond acceptors (Lipinski definition) is 8. The molecule has 0 aromatic heterocycles. The first-order valence-electron chi connectivity index (χ1n) is 7.64. The average molecular weight is 333 g/mol. The maximum absolute atomic E-state index is 11.6. The third-order valence-corrected chi connectivity index (χ3v) is 3.46. The topological polar surface area (TPSA) is 106 Å². The van der Waals surface area contributed by atoms with Crippen molar-refractivity contribution < 1.29 is 33.7 Å². The van der Waals surface area contributed by atoms with Crippen LogP contribution in [-0.2, 0) is 28.6 Å². The van der Waals surface area contributed by atoms with Gasteiger partial charge in [-0.05, 0) is 27.2 Å². The molecule has 2 aliphatic rings. The molecule has 9 nitrogen and oxygen atoms in total. The lowest BCUT2D eigenvalue weighted by atomic mass is 10.1. The first kappa shape index (κ1) is 17.9. The molecule has 0 aromatic rings. The van der Waals surface area contributed by atoms with Crippen molar-refractivity contribution in [2.24, 2.45) is 0 Å². The number of carbonyl (C=O) groups excluding carboxylic acids is 1. The molecule has 0 spiro atoms. The van der Waals surface area contributed by atoms with Crippen LogP contribution in [0.5, 0.6) is 0 Å². The van der Waals surface area contributed by atoms with Gasteiger partial charge in [-0.3, -0.25) is 4.79 Å². The van der Waals surface area contributed by atoms with Crippen molar-refractivity contribution in [2.45, 2.75) is 63.6 Å². The first-order chi connectivity index (χ1) is 10.8. The van der Waals surface area contributed by atoms with Gasteiger partial charge in [0.25, 0.3) is 5.09 Å². The van der Waals surface area contributed by atoms with Crippen LogP contribution in [0, 0.1) is 10.1 Å². The minimum atomic E-state index is -0.839. The number of rotatable bonds is 7. The van der Waals surface area contributed by atoms with Crippen molar-refractivity contribution in [3.8, 4) is 0 Å². The van der Waals surface area contributed by atoms with E-state index in [2.05, 4.69) is 4.84 Å². The lowest BCUT2D eigenvalue weighted by molar-refractivity contribution is -0.769. The summed E-state index contributed by atoms with van der Waals surface area (Å²) >= 11 is 0. The fourth-order valence-electron chi connectivity index (χ4n) is 2.62. The zero-order valence-corrected chi connectivity index (χ0v) is 13.6. The van der Waals surface area contributed by atoms with Gasteiger partial charge in [-0.15, -0.1) is 10.1 Å². The molecule has 132 valence electrons. The molecule has 23 heavy (non-hydrogen) atoms. The second-order valence-corrected chi connectivity index (χ2v) is 6.56. The molecule has 2 fully saturated rings. The van der Waals surface area contributed by atoms with Gasteiger partial charge in [-0.1, -0.05) is 0 Å². The van der Waals surface area contributed by atoms with Crippen molar-refractivity contribution >= 4 is 5.97 Å². The SMILES string of the molecule is CC(C)(C)OC(=O)CCCO[C@@H]1CO[C@H]2[C@@H]1OC[C@@H]2O[N+](=O)[O-]. The first-order valence-corrected chi connectivity index (χ1v) is 7.64. The van der Waals surface area contributed by atoms with Crippen LogP contribution in [0.1, 0.15) is 33.6 Å². The largest absolute Gasteiger partial charge is 0.460 e. The second kappa shape index (κ2) is 7.41. The molecule has 2 aliphatic heterocycles. The number of esters is 1. The monoisotopic (exact) mass is 333 g/mol. The van der Waals surface area contributed by atoms with E-state index in [9.17, 15) is 14.9 Å². The van der Waals surface area contributed by atoms with Gasteiger partial charge in [0.05, 0.1) is 13.2 Å². The van der Waals surface area contributed by atoms with Gasteiger partial charge in [0.1, 0.15) is 23.9 Å². The number of fused-ring (bicyclic) bond motifs is 1. The molecule has 9 heteroatoms. The zero-order valence-electron chi connectivity index (χ0n) is 13.6. The van der Waals surface area contributed by atoms with Gasteiger partial charge in [-0.2, -0.15) is 0 Å². The molecule has 0 amide bonds. The lowest BCUT2D eigenvalue weighted by Gasteiger charge is -2.20. The Morgan fingerprint density at radius 3 is 2.43 bits per heavy atom. The highest BCUT2D eigenvalue weighted by atomic mass is 17.0. The van der Waals surface area contributed by atoms with E-state index < -0.39 is 22.9 Å². The van der Waals surface area contributed by atoms with Crippen molar-refractivity contribution in [1.82, 2.24) is 0 Å². The Hall–Kier alpha value is -1.45. The van der Waals surface area contributed by atoms with E-state index in [-0.39, 0.29) is 31.2 Å². The van der Waals surface area contributed by atoms with Gasteiger partial charge in [0.2, 0.25) is 0 Å². The maximum atomic E-state index is 11.6. The molecular formula is C14H23NO8. The van der Waals surface area contributed by atoms with Gasteiger partial charge < -0.3 is 23.8 Å². The molecule has 0 N–H and O–H groups in total. The van der Waals surface area contributed by atoms with Crippen LogP contribution in [0.2, 0.25) is 0 Å². The third-order valence-electron chi connectivity index (χ3n) is 3.46. The predicted molar refractivity (Wildman–Crippen MR) is 76.2 cm³/mol. The molecule has 2 rings (SSSR count). The normalized spacial score (nSPS) is 30.0. The number of nitrogens with zero attached hydrogens (tertiary/aromatic N) is 1. The molecule has 2 heterocycles. The highest BCUT2D eigenvalue weighted by Crippen LogP contribution is 2.30. The minimum Gasteiger partial charge on any atom is -0.460 e. The molecule has 4 atom stereocenters. The van der Waals surface area contributed by atoms with Gasteiger partial charge in [-0.25, -0.2) is 0 Å². The Balaban J connectivity index is 1.66. The fraction of sp³-hybridized carbons (Fsp3) is 0.929. The average Bonchev–Trinajstić information content (AvgIpc) is 2.96. The summed E-state index contributed by atoms with van der Waals surface area (Å²) in [4.78, 5) is 26.5. The summed E-state index contributed by atoms with van der Waals surface area (Å²) in [7, 11) is 0. The van der Waals surface area contributed by atoms with E-state index in [0.29, 0.717) is 19.6 Å². The number of ether oxygens (including phenoxy) is 4. The number of carbonyl (C=O) groups is 1. The lowest BCUT2D eigenvalue weighted by Crippen LogP contribution is -2.35. The molecule has 0 aromatic carbocycles. The predicted octanol–water partition coefficient (Wildman–Crippen LogP) is 0.868. The van der Waals surface area contributed by atoms with E-state index in [1.165, 1.54) is 0 Å². The van der Waals surface area contributed by atoms with Crippen molar-refractivity contribution in [3.63, 3.8) is 0 Å². The van der Waals surface area contributed by atoms with Gasteiger partial charge >= 0.3 is 5.97 Å². The Labute approximate surface area is 134 Å². The summed E-state index contributed by atoms with van der Waals surface area (Å²) in [6.07, 6.45) is -1.09. The van der Waals surface area contributed by atoms with Crippen LogP contribution < -0.4 is 0 Å². The van der Waals surface area contributed by atoms with Crippen LogP contribution in [0.25, 0.3) is 0 Å². The minimum absolute atomic E-state index is 0.105. The van der Waals surface area contributed by atoms with Gasteiger partial charge in [0, 0.05) is 13.0 Å². The van der Waals surface area contributed by atoms with Crippen molar-refractivity contribution in [1.29, 1.82) is 0 Å². The van der Waals surface area contributed by atoms with E-state index in [4.69, 9.17) is 18.9 Å². The van der Waals surface area contributed by atoms with Crippen molar-refractivity contribution in [2.75, 3.05) is 19.8 Å². The Kier molecular flexibility index (Phi) is 5.77. The smallest absolute Gasteiger partial charge is 0.306 e. The van der Waals surface area contributed by atoms with E-state index in [0.717, 1.165) is 0 Å². The van der Waals surface area contributed by atoms with Crippen LogP contribution in [-0.4, -0.2) is 60.9 Å². The molecule has 0 unspecified atom stereocenters. The summed E-state index contributed by atoms with van der Waals surface area (Å²) in [5.74, 6) is -0.266. The molecule has 0 bridgehead atoms. The summed E-state index contributed by atoms with van der Waals surface area (Å²) < 4.78 is 21.8.